The van der Waals surface area contributed by atoms with E-state index in [1.54, 1.807) is 17.6 Å². The molecular formula is C35H45N5O6. The number of piperidine rings is 1. The van der Waals surface area contributed by atoms with Crippen molar-refractivity contribution < 1.29 is 28.2 Å². The summed E-state index contributed by atoms with van der Waals surface area (Å²) in [6.45, 7) is 14.6. The molecule has 6 bridgehead atoms. The number of aromatic nitrogens is 4. The van der Waals surface area contributed by atoms with Gasteiger partial charge >= 0.3 is 5.97 Å². The van der Waals surface area contributed by atoms with Crippen molar-refractivity contribution in [2.75, 3.05) is 37.8 Å². The van der Waals surface area contributed by atoms with Gasteiger partial charge in [0.1, 0.15) is 17.3 Å². The summed E-state index contributed by atoms with van der Waals surface area (Å²) in [5.41, 5.74) is 2.62. The van der Waals surface area contributed by atoms with Crippen molar-refractivity contribution in [1.29, 1.82) is 0 Å². The molecule has 246 valence electrons. The number of nitrogens with zero attached hydrogens (tertiary/aromatic N) is 5. The zero-order valence-corrected chi connectivity index (χ0v) is 27.8. The van der Waals surface area contributed by atoms with E-state index in [0.717, 1.165) is 42.8 Å². The van der Waals surface area contributed by atoms with E-state index < -0.39 is 17.7 Å². The second-order valence-electron chi connectivity index (χ2n) is 13.4. The molecule has 0 aliphatic carbocycles. The Morgan fingerprint density at radius 2 is 1.89 bits per heavy atom. The van der Waals surface area contributed by atoms with Gasteiger partial charge in [-0.1, -0.05) is 18.2 Å². The van der Waals surface area contributed by atoms with E-state index in [4.69, 9.17) is 33.4 Å². The molecule has 0 spiro atoms. The van der Waals surface area contributed by atoms with Gasteiger partial charge in [-0.15, -0.1) is 0 Å². The smallest absolute Gasteiger partial charge is 0.340 e. The molecule has 3 aliphatic rings. The molecule has 4 aromatic rings. The molecule has 7 rings (SSSR count). The average Bonchev–Trinajstić information content (AvgIpc) is 3.65. The van der Waals surface area contributed by atoms with Crippen LogP contribution >= 0.6 is 0 Å². The molecular weight excluding hydrogens is 586 g/mol. The van der Waals surface area contributed by atoms with Crippen molar-refractivity contribution >= 4 is 17.4 Å². The number of oxazole rings is 1. The monoisotopic (exact) mass is 631 g/mol. The van der Waals surface area contributed by atoms with Gasteiger partial charge in [0.15, 0.2) is 17.4 Å². The Bertz CT molecular complexity index is 1680. The Morgan fingerprint density at radius 1 is 1.13 bits per heavy atom. The van der Waals surface area contributed by atoms with Crippen LogP contribution < -0.4 is 9.64 Å². The fourth-order valence-corrected chi connectivity index (χ4v) is 6.15. The molecule has 3 aromatic heterocycles. The van der Waals surface area contributed by atoms with Crippen molar-refractivity contribution in [3.05, 3.63) is 59.1 Å². The largest absolute Gasteiger partial charge is 0.493 e. The third kappa shape index (κ3) is 6.90. The van der Waals surface area contributed by atoms with E-state index in [1.165, 1.54) is 0 Å². The number of hydrogen-bond acceptors (Lipinski definition) is 10. The van der Waals surface area contributed by atoms with Crippen LogP contribution in [0.25, 0.3) is 17.2 Å². The summed E-state index contributed by atoms with van der Waals surface area (Å²) in [5.74, 6) is 2.24. The van der Waals surface area contributed by atoms with Gasteiger partial charge < -0.3 is 28.3 Å². The SMILES string of the molecule is CCOC(=O)C(OC(C)(C)C)c1c(C)nc2cc3nn2c1N1CCC(C)(CC1)OCCCCOc1ccccc1Cc1cnc-3o1. The van der Waals surface area contributed by atoms with Crippen LogP contribution in [0, 0.1) is 6.92 Å². The van der Waals surface area contributed by atoms with Gasteiger partial charge in [-0.2, -0.15) is 9.61 Å². The van der Waals surface area contributed by atoms with Crippen molar-refractivity contribution in [3.63, 3.8) is 0 Å². The highest BCUT2D eigenvalue weighted by Crippen LogP contribution is 2.39. The number of benzene rings is 1. The first-order valence-electron chi connectivity index (χ1n) is 16.3. The molecule has 0 radical (unpaired) electrons. The highest BCUT2D eigenvalue weighted by atomic mass is 16.6. The molecule has 1 fully saturated rings. The summed E-state index contributed by atoms with van der Waals surface area (Å²) in [7, 11) is 0. The second kappa shape index (κ2) is 13.0. The summed E-state index contributed by atoms with van der Waals surface area (Å²) >= 11 is 0. The van der Waals surface area contributed by atoms with Crippen molar-refractivity contribution in [2.45, 2.75) is 91.0 Å². The van der Waals surface area contributed by atoms with E-state index in [9.17, 15) is 4.79 Å². The number of para-hydroxylation sites is 1. The predicted molar refractivity (Wildman–Crippen MR) is 173 cm³/mol. The molecule has 0 amide bonds. The van der Waals surface area contributed by atoms with E-state index in [1.807, 2.05) is 58.0 Å². The predicted octanol–water partition coefficient (Wildman–Crippen LogP) is 6.25. The Kier molecular flexibility index (Phi) is 9.07. The molecule has 11 heteroatoms. The minimum absolute atomic E-state index is 0.237. The van der Waals surface area contributed by atoms with E-state index in [0.29, 0.717) is 67.0 Å². The molecule has 1 unspecified atom stereocenters. The number of rotatable bonds is 4. The molecule has 1 atom stereocenters. The summed E-state index contributed by atoms with van der Waals surface area (Å²) in [5, 5.41) is 4.99. The lowest BCUT2D eigenvalue weighted by Crippen LogP contribution is -2.46. The zero-order chi connectivity index (χ0) is 32.5. The molecule has 0 N–H and O–H groups in total. The van der Waals surface area contributed by atoms with Gasteiger partial charge in [0.25, 0.3) is 0 Å². The lowest BCUT2D eigenvalue weighted by molar-refractivity contribution is -0.166. The number of aryl methyl sites for hydroxylation is 1. The highest BCUT2D eigenvalue weighted by Gasteiger charge is 2.38. The van der Waals surface area contributed by atoms with Crippen LogP contribution in [-0.4, -0.2) is 69.7 Å². The molecule has 0 saturated carbocycles. The van der Waals surface area contributed by atoms with E-state index >= 15 is 0 Å². The molecule has 6 heterocycles. The first-order chi connectivity index (χ1) is 22.0. The van der Waals surface area contributed by atoms with Crippen LogP contribution in [0.3, 0.4) is 0 Å². The Balaban J connectivity index is 1.48. The summed E-state index contributed by atoms with van der Waals surface area (Å²) in [4.78, 5) is 25.3. The van der Waals surface area contributed by atoms with Gasteiger partial charge in [0.2, 0.25) is 5.89 Å². The number of fused-ring (bicyclic) bond motifs is 7. The molecule has 1 saturated heterocycles. The van der Waals surface area contributed by atoms with Crippen LogP contribution in [-0.2, 0) is 25.4 Å². The van der Waals surface area contributed by atoms with Crippen LogP contribution in [0.2, 0.25) is 0 Å². The summed E-state index contributed by atoms with van der Waals surface area (Å²) in [6, 6.07) is 9.89. The average molecular weight is 632 g/mol. The van der Waals surface area contributed by atoms with Gasteiger partial charge in [-0.3, -0.25) is 0 Å². The van der Waals surface area contributed by atoms with Crippen molar-refractivity contribution in [2.24, 2.45) is 0 Å². The van der Waals surface area contributed by atoms with E-state index in [-0.39, 0.29) is 12.2 Å². The van der Waals surface area contributed by atoms with Crippen LogP contribution in [0.1, 0.15) is 89.0 Å². The van der Waals surface area contributed by atoms with Gasteiger partial charge in [0.05, 0.1) is 36.2 Å². The summed E-state index contributed by atoms with van der Waals surface area (Å²) < 4.78 is 32.7. The zero-order valence-electron chi connectivity index (χ0n) is 27.8. The standard InChI is InChI=1S/C35H45N5O6/c1-7-42-33(41)30(46-34(3,4)5)29-23(2)37-28-21-26-31-36-22-25(45-31)20-24-12-8-9-13-27(24)43-18-10-11-19-44-35(6)14-16-39(17-15-35)32(29)40(28)38-26/h8-9,12-13,21-22,30H,7,10-11,14-20H2,1-6H3. The number of esters is 1. The Morgan fingerprint density at radius 3 is 2.65 bits per heavy atom. The maximum atomic E-state index is 13.5. The number of carbonyl (C=O) groups excluding carboxylic acids is 1. The van der Waals surface area contributed by atoms with Crippen molar-refractivity contribution in [3.8, 4) is 17.3 Å². The van der Waals surface area contributed by atoms with Crippen LogP contribution in [0.5, 0.6) is 5.75 Å². The normalized spacial score (nSPS) is 17.8. The highest BCUT2D eigenvalue weighted by molar-refractivity contribution is 5.80. The Labute approximate surface area is 270 Å². The molecule has 1 aromatic carbocycles. The van der Waals surface area contributed by atoms with Gasteiger partial charge in [-0.05, 0) is 73.3 Å². The lowest BCUT2D eigenvalue weighted by Gasteiger charge is -2.41. The molecule has 3 aliphatic heterocycles. The number of carbonyl (C=O) groups is 1. The van der Waals surface area contributed by atoms with E-state index in [2.05, 4.69) is 16.8 Å². The van der Waals surface area contributed by atoms with Crippen LogP contribution in [0.4, 0.5) is 5.82 Å². The fraction of sp³-hybridized carbons (Fsp3) is 0.543. The topological polar surface area (TPSA) is 113 Å². The number of anilines is 1. The van der Waals surface area contributed by atoms with Crippen molar-refractivity contribution in [1.82, 2.24) is 19.6 Å². The third-order valence-corrected chi connectivity index (χ3v) is 8.52. The number of ether oxygens (including phenoxy) is 4. The first kappa shape index (κ1) is 32.0. The van der Waals surface area contributed by atoms with Crippen LogP contribution in [0.15, 0.2) is 40.9 Å². The second-order valence-corrected chi connectivity index (χ2v) is 13.4. The first-order valence-corrected chi connectivity index (χ1v) is 16.3. The lowest BCUT2D eigenvalue weighted by atomic mass is 9.92. The number of hydrogen-bond donors (Lipinski definition) is 0. The van der Waals surface area contributed by atoms with Gasteiger partial charge in [0, 0.05) is 43.4 Å². The molecule has 46 heavy (non-hydrogen) atoms. The minimum Gasteiger partial charge on any atom is -0.493 e. The maximum absolute atomic E-state index is 13.5. The van der Waals surface area contributed by atoms with Gasteiger partial charge in [-0.25, -0.2) is 14.8 Å². The summed E-state index contributed by atoms with van der Waals surface area (Å²) in [6.07, 6.45) is 4.68. The Hall–Kier alpha value is -3.96. The minimum atomic E-state index is -0.995. The quantitative estimate of drug-likeness (QED) is 0.240. The molecule has 11 nitrogen and oxygen atoms in total. The fourth-order valence-electron chi connectivity index (χ4n) is 6.15. The third-order valence-electron chi connectivity index (χ3n) is 8.52. The maximum Gasteiger partial charge on any atom is 0.340 e.